The Morgan fingerprint density at radius 3 is 2.33 bits per heavy atom. The molecule has 1 fully saturated rings. The van der Waals surface area contributed by atoms with Crippen LogP contribution in [0.4, 0.5) is 15.8 Å². The molecule has 7 nitrogen and oxygen atoms in total. The third-order valence-corrected chi connectivity index (χ3v) is 7.10. The van der Waals surface area contributed by atoms with Crippen LogP contribution in [0.1, 0.15) is 59.7 Å². The first-order valence-electron chi connectivity index (χ1n) is 13.6. The average molecular weight is 531 g/mol. The van der Waals surface area contributed by atoms with Crippen molar-refractivity contribution in [3.8, 4) is 0 Å². The largest absolute Gasteiger partial charge is 0.326 e. The number of amides is 2. The second-order valence-corrected chi connectivity index (χ2v) is 9.88. The molecule has 1 aliphatic heterocycles. The number of piperidine rings is 1. The molecule has 8 heteroatoms. The highest BCUT2D eigenvalue weighted by Gasteiger charge is 2.27. The first-order chi connectivity index (χ1) is 18.9. The molecule has 1 aliphatic rings. The first-order valence-corrected chi connectivity index (χ1v) is 13.6. The Kier molecular flexibility index (Phi) is 9.91. The Labute approximate surface area is 229 Å². The maximum absolute atomic E-state index is 13.5. The normalized spacial score (nSPS) is 14.1. The number of hydrogen-bond donors (Lipinski definition) is 1. The van der Waals surface area contributed by atoms with Gasteiger partial charge in [0.25, 0.3) is 5.91 Å². The van der Waals surface area contributed by atoms with Crippen molar-refractivity contribution in [2.45, 2.75) is 39.0 Å². The minimum atomic E-state index is -0.348. The number of carbonyl (C=O) groups excluding carboxylic acids is 3. The van der Waals surface area contributed by atoms with Crippen LogP contribution in [-0.2, 0) is 4.79 Å². The van der Waals surface area contributed by atoms with E-state index in [2.05, 4.69) is 15.2 Å². The number of benzene rings is 2. The first kappa shape index (κ1) is 28.1. The van der Waals surface area contributed by atoms with Crippen LogP contribution in [-0.4, -0.2) is 53.7 Å². The quantitative estimate of drug-likeness (QED) is 0.327. The van der Waals surface area contributed by atoms with Gasteiger partial charge >= 0.3 is 0 Å². The van der Waals surface area contributed by atoms with Crippen molar-refractivity contribution in [3.63, 3.8) is 0 Å². The van der Waals surface area contributed by atoms with Gasteiger partial charge in [0.2, 0.25) is 5.91 Å². The summed E-state index contributed by atoms with van der Waals surface area (Å²) in [5, 5.41) is 2.88. The minimum Gasteiger partial charge on any atom is -0.326 e. The smallest absolute Gasteiger partial charge is 0.258 e. The molecule has 1 saturated heterocycles. The lowest BCUT2D eigenvalue weighted by Crippen LogP contribution is -2.43. The molecule has 1 N–H and O–H groups in total. The average Bonchev–Trinajstić information content (AvgIpc) is 2.97. The predicted molar refractivity (Wildman–Crippen MR) is 150 cm³/mol. The summed E-state index contributed by atoms with van der Waals surface area (Å²) < 4.78 is 13.2. The summed E-state index contributed by atoms with van der Waals surface area (Å²) in [6, 6.07) is 16.4. The molecule has 39 heavy (non-hydrogen) atoms. The number of carbonyl (C=O) groups is 3. The summed E-state index contributed by atoms with van der Waals surface area (Å²) in [5.74, 6) is -0.543. The highest BCUT2D eigenvalue weighted by molar-refractivity contribution is 6.06. The zero-order valence-electron chi connectivity index (χ0n) is 22.3. The molecule has 2 heterocycles. The van der Waals surface area contributed by atoms with Crippen LogP contribution in [0.2, 0.25) is 0 Å². The third-order valence-electron chi connectivity index (χ3n) is 7.10. The second kappa shape index (κ2) is 13.8. The Hall–Kier alpha value is -3.91. The minimum absolute atomic E-state index is 0.0314. The number of ketones is 1. The van der Waals surface area contributed by atoms with Gasteiger partial charge in [0, 0.05) is 48.4 Å². The van der Waals surface area contributed by atoms with Crippen LogP contribution in [0.25, 0.3) is 0 Å². The Morgan fingerprint density at radius 2 is 1.69 bits per heavy atom. The summed E-state index contributed by atoms with van der Waals surface area (Å²) in [4.78, 5) is 46.6. The number of likely N-dealkylation sites (tertiary alicyclic amines) is 1. The third kappa shape index (κ3) is 7.80. The maximum Gasteiger partial charge on any atom is 0.258 e. The van der Waals surface area contributed by atoms with Gasteiger partial charge in [-0.1, -0.05) is 13.3 Å². The monoisotopic (exact) mass is 530 g/mol. The number of Topliss-reactive ketones (excluding diaryl/α,β-unsaturated/α-hetero) is 1. The van der Waals surface area contributed by atoms with Crippen molar-refractivity contribution in [1.29, 1.82) is 0 Å². The molecule has 1 aromatic heterocycles. The van der Waals surface area contributed by atoms with E-state index >= 15 is 0 Å². The van der Waals surface area contributed by atoms with Gasteiger partial charge < -0.3 is 15.1 Å². The van der Waals surface area contributed by atoms with E-state index in [-0.39, 0.29) is 29.3 Å². The molecule has 0 radical (unpaired) electrons. The zero-order chi connectivity index (χ0) is 27.6. The zero-order valence-corrected chi connectivity index (χ0v) is 22.3. The Balaban J connectivity index is 1.36. The van der Waals surface area contributed by atoms with Crippen molar-refractivity contribution >= 4 is 29.0 Å². The van der Waals surface area contributed by atoms with E-state index in [4.69, 9.17) is 0 Å². The predicted octanol–water partition coefficient (Wildman–Crippen LogP) is 5.59. The topological polar surface area (TPSA) is 82.6 Å². The molecule has 0 aliphatic carbocycles. The van der Waals surface area contributed by atoms with Crippen molar-refractivity contribution in [2.24, 2.45) is 5.92 Å². The van der Waals surface area contributed by atoms with E-state index < -0.39 is 0 Å². The van der Waals surface area contributed by atoms with E-state index in [1.54, 1.807) is 59.8 Å². The van der Waals surface area contributed by atoms with Gasteiger partial charge in [-0.2, -0.15) is 0 Å². The van der Waals surface area contributed by atoms with Crippen LogP contribution in [0.15, 0.2) is 73.1 Å². The lowest BCUT2D eigenvalue weighted by atomic mass is 9.89. The lowest BCUT2D eigenvalue weighted by Gasteiger charge is -2.33. The van der Waals surface area contributed by atoms with Gasteiger partial charge in [-0.05, 0) is 93.0 Å². The fourth-order valence-electron chi connectivity index (χ4n) is 4.78. The number of nitrogens with one attached hydrogen (secondary N) is 1. The van der Waals surface area contributed by atoms with Gasteiger partial charge in [-0.3, -0.25) is 19.4 Å². The standard InChI is InChI=1S/C31H35FN4O3/c1-2-3-6-29(37)34-27-13-9-25(10-14-27)31(39)36(28-5-4-17-33-22-28)21-20-35-18-15-24(16-19-35)30(38)23-7-11-26(32)12-8-23/h4-5,7-14,17,22,24H,2-3,6,15-16,18-21H2,1H3,(H,34,37). The molecule has 4 rings (SSSR count). The number of halogens is 1. The molecule has 3 aromatic rings. The number of unbranched alkanes of at least 4 members (excludes halogenated alkanes) is 1. The number of hydrogen-bond acceptors (Lipinski definition) is 5. The molecule has 0 bridgehead atoms. The van der Waals surface area contributed by atoms with E-state index in [0.29, 0.717) is 42.0 Å². The van der Waals surface area contributed by atoms with Crippen LogP contribution in [0.5, 0.6) is 0 Å². The summed E-state index contributed by atoms with van der Waals surface area (Å²) >= 11 is 0. The van der Waals surface area contributed by atoms with Crippen LogP contribution in [0.3, 0.4) is 0 Å². The molecule has 204 valence electrons. The van der Waals surface area contributed by atoms with Gasteiger partial charge in [0.15, 0.2) is 5.78 Å². The number of nitrogens with zero attached hydrogens (tertiary/aromatic N) is 3. The van der Waals surface area contributed by atoms with Crippen molar-refractivity contribution < 1.29 is 18.8 Å². The van der Waals surface area contributed by atoms with Crippen molar-refractivity contribution in [3.05, 3.63) is 90.0 Å². The SMILES string of the molecule is CCCCC(=O)Nc1ccc(C(=O)N(CCN2CCC(C(=O)c3ccc(F)cc3)CC2)c2cccnc2)cc1. The molecule has 0 atom stereocenters. The van der Waals surface area contributed by atoms with Gasteiger partial charge in [-0.25, -0.2) is 4.39 Å². The summed E-state index contributed by atoms with van der Waals surface area (Å²) in [6.07, 6.45) is 7.06. The Bertz CT molecular complexity index is 1240. The van der Waals surface area contributed by atoms with E-state index in [0.717, 1.165) is 38.8 Å². The summed E-state index contributed by atoms with van der Waals surface area (Å²) in [7, 11) is 0. The van der Waals surface area contributed by atoms with Crippen molar-refractivity contribution in [1.82, 2.24) is 9.88 Å². The number of rotatable bonds is 11. The maximum atomic E-state index is 13.5. The highest BCUT2D eigenvalue weighted by Crippen LogP contribution is 2.23. The summed E-state index contributed by atoms with van der Waals surface area (Å²) in [5.41, 5.74) is 2.45. The van der Waals surface area contributed by atoms with E-state index in [1.165, 1.54) is 12.1 Å². The molecule has 0 spiro atoms. The molecule has 2 aromatic carbocycles. The number of aromatic nitrogens is 1. The molecule has 0 unspecified atom stereocenters. The van der Waals surface area contributed by atoms with Gasteiger partial charge in [0.05, 0.1) is 11.9 Å². The fraction of sp³-hybridized carbons (Fsp3) is 0.355. The van der Waals surface area contributed by atoms with Crippen LogP contribution in [0, 0.1) is 11.7 Å². The Morgan fingerprint density at radius 1 is 1.00 bits per heavy atom. The molecular weight excluding hydrogens is 495 g/mol. The van der Waals surface area contributed by atoms with Crippen molar-refractivity contribution in [2.75, 3.05) is 36.4 Å². The number of pyridine rings is 1. The number of anilines is 2. The van der Waals surface area contributed by atoms with E-state index in [9.17, 15) is 18.8 Å². The van der Waals surface area contributed by atoms with Crippen LogP contribution >= 0.6 is 0 Å². The fourth-order valence-corrected chi connectivity index (χ4v) is 4.78. The van der Waals surface area contributed by atoms with Gasteiger partial charge in [0.1, 0.15) is 5.82 Å². The van der Waals surface area contributed by atoms with E-state index in [1.807, 2.05) is 13.0 Å². The molecule has 2 amide bonds. The second-order valence-electron chi connectivity index (χ2n) is 9.88. The van der Waals surface area contributed by atoms with Crippen LogP contribution < -0.4 is 10.2 Å². The highest BCUT2D eigenvalue weighted by atomic mass is 19.1. The lowest BCUT2D eigenvalue weighted by molar-refractivity contribution is -0.116. The molecular formula is C31H35FN4O3. The van der Waals surface area contributed by atoms with Gasteiger partial charge in [-0.15, -0.1) is 0 Å². The molecule has 0 saturated carbocycles. The summed E-state index contributed by atoms with van der Waals surface area (Å²) in [6.45, 7) is 4.67.